The van der Waals surface area contributed by atoms with Crippen LogP contribution in [0.1, 0.15) is 23.2 Å². The van der Waals surface area contributed by atoms with Crippen LogP contribution in [0.3, 0.4) is 0 Å². The molecule has 182 valence electrons. The molecule has 0 unspecified atom stereocenters. The topological polar surface area (TPSA) is 108 Å². The summed E-state index contributed by atoms with van der Waals surface area (Å²) >= 11 is 0. The Morgan fingerprint density at radius 1 is 1.09 bits per heavy atom. The molecule has 0 radical (unpaired) electrons. The van der Waals surface area contributed by atoms with Crippen molar-refractivity contribution < 1.29 is 27.1 Å². The van der Waals surface area contributed by atoms with Crippen LogP contribution in [0.25, 0.3) is 0 Å². The third-order valence-electron chi connectivity index (χ3n) is 5.73. The van der Waals surface area contributed by atoms with E-state index in [-0.39, 0.29) is 40.6 Å². The van der Waals surface area contributed by atoms with Gasteiger partial charge in [0.15, 0.2) is 0 Å². The number of nitrogens with zero attached hydrogens (tertiary/aromatic N) is 2. The van der Waals surface area contributed by atoms with Gasteiger partial charge in [0.05, 0.1) is 13.7 Å². The van der Waals surface area contributed by atoms with Crippen molar-refractivity contribution in [3.63, 3.8) is 0 Å². The van der Waals surface area contributed by atoms with Gasteiger partial charge in [-0.25, -0.2) is 17.5 Å². The summed E-state index contributed by atoms with van der Waals surface area (Å²) in [5.74, 6) is -0.797. The Balaban J connectivity index is 1.35. The predicted molar refractivity (Wildman–Crippen MR) is 124 cm³/mol. The number of benzene rings is 2. The molecule has 1 heterocycles. The predicted octanol–water partition coefficient (Wildman–Crippen LogP) is 1.67. The number of nitrogens with one attached hydrogen (secondary N) is 2. The molecular weight excluding hydrogens is 463 g/mol. The molecule has 2 amide bonds. The summed E-state index contributed by atoms with van der Waals surface area (Å²) in [7, 11) is -2.41. The van der Waals surface area contributed by atoms with E-state index in [1.807, 2.05) is 4.90 Å². The van der Waals surface area contributed by atoms with Crippen molar-refractivity contribution >= 4 is 27.5 Å². The molecule has 1 aliphatic carbocycles. The summed E-state index contributed by atoms with van der Waals surface area (Å²) in [6.45, 7) is 1.86. The molecule has 2 aromatic rings. The first-order valence-corrected chi connectivity index (χ1v) is 12.5. The van der Waals surface area contributed by atoms with E-state index in [9.17, 15) is 22.4 Å². The fourth-order valence-electron chi connectivity index (χ4n) is 3.77. The van der Waals surface area contributed by atoms with Gasteiger partial charge in [-0.15, -0.1) is 0 Å². The van der Waals surface area contributed by atoms with E-state index < -0.39 is 15.8 Å². The lowest BCUT2D eigenvalue weighted by Crippen LogP contribution is -2.50. The van der Waals surface area contributed by atoms with Crippen LogP contribution in [0, 0.1) is 5.82 Å². The number of sulfonamides is 1. The van der Waals surface area contributed by atoms with Crippen LogP contribution >= 0.6 is 0 Å². The van der Waals surface area contributed by atoms with Crippen LogP contribution in [0.5, 0.6) is 5.75 Å². The molecule has 2 N–H and O–H groups in total. The van der Waals surface area contributed by atoms with Crippen LogP contribution in [-0.4, -0.2) is 75.9 Å². The average Bonchev–Trinajstić information content (AvgIpc) is 3.62. The first-order valence-electron chi connectivity index (χ1n) is 11.0. The minimum Gasteiger partial charge on any atom is -0.495 e. The minimum absolute atomic E-state index is 0.0552. The maximum atomic E-state index is 13.3. The van der Waals surface area contributed by atoms with E-state index in [2.05, 4.69) is 10.0 Å². The number of hydrogen-bond donors (Lipinski definition) is 2. The highest BCUT2D eigenvalue weighted by Crippen LogP contribution is 2.29. The number of carbonyl (C=O) groups excluding carboxylic acids is 2. The largest absolute Gasteiger partial charge is 0.495 e. The molecule has 1 aliphatic heterocycles. The van der Waals surface area contributed by atoms with E-state index >= 15 is 0 Å². The minimum atomic E-state index is -3.80. The third kappa shape index (κ3) is 5.91. The summed E-state index contributed by atoms with van der Waals surface area (Å²) in [6, 6.07) is 10.0. The van der Waals surface area contributed by atoms with Crippen molar-refractivity contribution in [3.8, 4) is 5.75 Å². The number of piperazine rings is 1. The van der Waals surface area contributed by atoms with Crippen LogP contribution in [0.2, 0.25) is 0 Å². The Hall–Kier alpha value is -3.02. The molecule has 0 spiro atoms. The zero-order valence-electron chi connectivity index (χ0n) is 18.8. The number of carbonyl (C=O) groups is 2. The molecule has 34 heavy (non-hydrogen) atoms. The summed E-state index contributed by atoms with van der Waals surface area (Å²) < 4.78 is 46.6. The van der Waals surface area contributed by atoms with E-state index in [0.717, 1.165) is 12.8 Å². The highest BCUT2D eigenvalue weighted by atomic mass is 32.2. The van der Waals surface area contributed by atoms with E-state index in [1.165, 1.54) is 37.4 Å². The van der Waals surface area contributed by atoms with Crippen molar-refractivity contribution in [2.75, 3.05) is 45.2 Å². The van der Waals surface area contributed by atoms with Gasteiger partial charge >= 0.3 is 0 Å². The maximum absolute atomic E-state index is 13.3. The molecule has 11 heteroatoms. The van der Waals surface area contributed by atoms with E-state index in [0.29, 0.717) is 31.9 Å². The number of hydrogen-bond acceptors (Lipinski definition) is 6. The van der Waals surface area contributed by atoms with Crippen molar-refractivity contribution in [1.82, 2.24) is 14.5 Å². The second-order valence-corrected chi connectivity index (χ2v) is 10.1. The fourth-order valence-corrected chi connectivity index (χ4v) is 5.27. The highest BCUT2D eigenvalue weighted by Gasteiger charge is 2.31. The Morgan fingerprint density at radius 2 is 1.82 bits per heavy atom. The third-order valence-corrected chi connectivity index (χ3v) is 7.28. The number of ether oxygens (including phenoxy) is 1. The lowest BCUT2D eigenvalue weighted by atomic mass is 10.1. The number of amides is 2. The maximum Gasteiger partial charge on any atom is 0.253 e. The Bertz CT molecular complexity index is 1180. The molecule has 2 aliphatic rings. The molecule has 0 aromatic heterocycles. The van der Waals surface area contributed by atoms with Crippen LogP contribution < -0.4 is 14.8 Å². The highest BCUT2D eigenvalue weighted by molar-refractivity contribution is 7.89. The van der Waals surface area contributed by atoms with E-state index in [1.54, 1.807) is 17.0 Å². The molecular formula is C23H27FN4O5S. The number of halogens is 1. The zero-order valence-corrected chi connectivity index (χ0v) is 19.6. The van der Waals surface area contributed by atoms with E-state index in [4.69, 9.17) is 4.74 Å². The SMILES string of the molecule is COc1ccc(C(=O)N2CCN(CC(=O)Nc3cccc(F)c3)CC2)cc1S(=O)(=O)NC1CC1. The number of anilines is 1. The van der Waals surface area contributed by atoms with Crippen molar-refractivity contribution in [2.45, 2.75) is 23.8 Å². The normalized spacial score (nSPS) is 16.8. The van der Waals surface area contributed by atoms with Gasteiger partial charge in [-0.1, -0.05) is 6.07 Å². The molecule has 4 rings (SSSR count). The Morgan fingerprint density at radius 3 is 2.47 bits per heavy atom. The van der Waals surface area contributed by atoms with Gasteiger partial charge < -0.3 is 15.0 Å². The van der Waals surface area contributed by atoms with Crippen LogP contribution in [0.4, 0.5) is 10.1 Å². The Labute approximate surface area is 197 Å². The smallest absolute Gasteiger partial charge is 0.253 e. The van der Waals surface area contributed by atoms with Crippen molar-refractivity contribution in [3.05, 3.63) is 53.8 Å². The standard InChI is InChI=1S/C23H27FN4O5S/c1-33-20-8-5-16(13-21(20)34(31,32)26-18-6-7-18)23(30)28-11-9-27(10-12-28)15-22(29)25-19-4-2-3-17(24)14-19/h2-5,8,13-14,18,26H,6-7,9-12,15H2,1H3,(H,25,29). The summed E-state index contributed by atoms with van der Waals surface area (Å²) in [5.41, 5.74) is 0.648. The first kappa shape index (κ1) is 24.1. The zero-order chi connectivity index (χ0) is 24.3. The second kappa shape index (κ2) is 10.1. The molecule has 1 saturated carbocycles. The summed E-state index contributed by atoms with van der Waals surface area (Å²) in [6.07, 6.45) is 1.59. The van der Waals surface area contributed by atoms with Gasteiger partial charge in [0.2, 0.25) is 15.9 Å². The quantitative estimate of drug-likeness (QED) is 0.583. The number of methoxy groups -OCH3 is 1. The fraction of sp³-hybridized carbons (Fsp3) is 0.391. The average molecular weight is 491 g/mol. The lowest BCUT2D eigenvalue weighted by Gasteiger charge is -2.34. The van der Waals surface area contributed by atoms with Crippen molar-refractivity contribution in [1.29, 1.82) is 0 Å². The lowest BCUT2D eigenvalue weighted by molar-refractivity contribution is -0.117. The van der Waals surface area contributed by atoms with Gasteiger partial charge in [0.1, 0.15) is 16.5 Å². The van der Waals surface area contributed by atoms with Gasteiger partial charge in [-0.3, -0.25) is 14.5 Å². The summed E-state index contributed by atoms with van der Waals surface area (Å²) in [5, 5.41) is 2.66. The van der Waals surface area contributed by atoms with Gasteiger partial charge in [0, 0.05) is 43.5 Å². The van der Waals surface area contributed by atoms with Crippen molar-refractivity contribution in [2.24, 2.45) is 0 Å². The second-order valence-electron chi connectivity index (χ2n) is 8.39. The summed E-state index contributed by atoms with van der Waals surface area (Å²) in [4.78, 5) is 28.8. The molecule has 0 atom stereocenters. The number of rotatable bonds is 8. The molecule has 1 saturated heterocycles. The Kier molecular flexibility index (Phi) is 7.15. The van der Waals surface area contributed by atoms with Crippen LogP contribution in [0.15, 0.2) is 47.4 Å². The van der Waals surface area contributed by atoms with Gasteiger partial charge in [-0.2, -0.15) is 0 Å². The monoisotopic (exact) mass is 490 g/mol. The molecule has 2 fully saturated rings. The first-order chi connectivity index (χ1) is 16.2. The van der Waals surface area contributed by atoms with Crippen LogP contribution in [-0.2, 0) is 14.8 Å². The molecule has 9 nitrogen and oxygen atoms in total. The molecule has 2 aromatic carbocycles. The van der Waals surface area contributed by atoms with Gasteiger partial charge in [-0.05, 0) is 49.2 Å². The van der Waals surface area contributed by atoms with Gasteiger partial charge in [0.25, 0.3) is 5.91 Å². The molecule has 0 bridgehead atoms.